The van der Waals surface area contributed by atoms with Crippen LogP contribution < -0.4 is 10.2 Å². The van der Waals surface area contributed by atoms with Crippen LogP contribution in [0.4, 0.5) is 5.69 Å². The fraction of sp³-hybridized carbons (Fsp3) is 0.333. The first kappa shape index (κ1) is 21.1. The number of rotatable bonds is 4. The molecule has 2 fully saturated rings. The summed E-state index contributed by atoms with van der Waals surface area (Å²) in [6.45, 7) is 3.88. The molecule has 0 radical (unpaired) electrons. The molecule has 2 aromatic heterocycles. The second-order valence-electron chi connectivity index (χ2n) is 9.04. The number of hydrogen-bond donors (Lipinski definition) is 2. The molecule has 3 aromatic rings. The molecular formula is C27H28N4O3. The number of hydrogen-bond acceptors (Lipinski definition) is 5. The second kappa shape index (κ2) is 8.74. The van der Waals surface area contributed by atoms with Crippen LogP contribution in [0.25, 0.3) is 23.4 Å². The van der Waals surface area contributed by atoms with Gasteiger partial charge in [-0.25, -0.2) is 0 Å². The van der Waals surface area contributed by atoms with Crippen LogP contribution in [0, 0.1) is 0 Å². The summed E-state index contributed by atoms with van der Waals surface area (Å²) in [7, 11) is 0. The van der Waals surface area contributed by atoms with Crippen LogP contribution in [-0.4, -0.2) is 54.5 Å². The van der Waals surface area contributed by atoms with Crippen LogP contribution in [0.3, 0.4) is 0 Å². The number of fused-ring (bicyclic) bond motifs is 1. The van der Waals surface area contributed by atoms with Crippen molar-refractivity contribution in [3.8, 4) is 11.3 Å². The fourth-order valence-electron chi connectivity index (χ4n) is 5.12. The molecule has 2 N–H and O–H groups in total. The Morgan fingerprint density at radius 3 is 2.68 bits per heavy atom. The van der Waals surface area contributed by atoms with Gasteiger partial charge in [-0.2, -0.15) is 0 Å². The van der Waals surface area contributed by atoms with Crippen molar-refractivity contribution in [3.05, 3.63) is 71.2 Å². The number of ether oxygens (including phenoxy) is 2. The minimum Gasteiger partial charge on any atom is -0.371 e. The topological polar surface area (TPSA) is 79.5 Å². The van der Waals surface area contributed by atoms with Crippen molar-refractivity contribution in [1.82, 2.24) is 15.3 Å². The van der Waals surface area contributed by atoms with Gasteiger partial charge in [-0.05, 0) is 35.9 Å². The van der Waals surface area contributed by atoms with Crippen molar-refractivity contribution in [3.63, 3.8) is 0 Å². The number of nitrogens with one attached hydrogen (secondary N) is 2. The van der Waals surface area contributed by atoms with E-state index in [9.17, 15) is 4.79 Å². The second-order valence-corrected chi connectivity index (χ2v) is 9.04. The molecular weight excluding hydrogens is 428 g/mol. The normalized spacial score (nSPS) is 19.5. The number of piperidine rings is 1. The summed E-state index contributed by atoms with van der Waals surface area (Å²) >= 11 is 0. The number of H-pyrrole nitrogens is 1. The van der Waals surface area contributed by atoms with Gasteiger partial charge in [-0.1, -0.05) is 24.3 Å². The van der Waals surface area contributed by atoms with E-state index >= 15 is 0 Å². The van der Waals surface area contributed by atoms with Gasteiger partial charge < -0.3 is 24.7 Å². The van der Waals surface area contributed by atoms with Crippen molar-refractivity contribution in [2.45, 2.75) is 25.0 Å². The number of aromatic amines is 1. The van der Waals surface area contributed by atoms with Gasteiger partial charge in [0.05, 0.1) is 24.5 Å². The van der Waals surface area contributed by atoms with E-state index < -0.39 is 0 Å². The molecule has 0 aliphatic carbocycles. The third kappa shape index (κ3) is 4.02. The summed E-state index contributed by atoms with van der Waals surface area (Å²) in [5.74, 6) is -0.382. The minimum atomic E-state index is -0.372. The number of aromatic nitrogens is 2. The first-order valence-electron chi connectivity index (χ1n) is 12.0. The number of nitrogens with zero attached hydrogens (tertiary/aromatic N) is 2. The zero-order valence-corrected chi connectivity index (χ0v) is 19.0. The van der Waals surface area contributed by atoms with Gasteiger partial charge in [0, 0.05) is 67.7 Å². The Morgan fingerprint density at radius 1 is 1.03 bits per heavy atom. The molecule has 1 spiro atoms. The quantitative estimate of drug-likeness (QED) is 0.623. The van der Waals surface area contributed by atoms with Gasteiger partial charge in [0.25, 0.3) is 5.91 Å². The number of para-hydroxylation sites is 1. The molecule has 0 bridgehead atoms. The lowest BCUT2D eigenvalue weighted by Gasteiger charge is -2.39. The average molecular weight is 457 g/mol. The molecule has 3 aliphatic rings. The standard InChI is InChI=1S/C27H28N4O3/c32-26-22-18-24(30-23(22)8-12-29-26)20-7-11-28-21(17-20)6-5-19-3-1-2-4-25(19)31-13-9-27(10-14-31)33-15-16-34-27/h1-7,11,17-18,30H,8-10,12-16H2,(H,29,32). The molecule has 5 heterocycles. The van der Waals surface area contributed by atoms with E-state index in [-0.39, 0.29) is 11.7 Å². The van der Waals surface area contributed by atoms with Gasteiger partial charge in [0.1, 0.15) is 0 Å². The van der Waals surface area contributed by atoms with E-state index in [1.165, 1.54) is 5.69 Å². The van der Waals surface area contributed by atoms with Crippen molar-refractivity contribution in [2.24, 2.45) is 0 Å². The lowest BCUT2D eigenvalue weighted by Crippen LogP contribution is -2.45. The van der Waals surface area contributed by atoms with Gasteiger partial charge in [-0.3, -0.25) is 9.78 Å². The van der Waals surface area contributed by atoms with Crippen LogP contribution in [0.1, 0.15) is 40.2 Å². The van der Waals surface area contributed by atoms with Gasteiger partial charge in [0.15, 0.2) is 5.79 Å². The molecule has 174 valence electrons. The van der Waals surface area contributed by atoms with Crippen LogP contribution >= 0.6 is 0 Å². The summed E-state index contributed by atoms with van der Waals surface area (Å²) in [4.78, 5) is 22.5. The highest BCUT2D eigenvalue weighted by Crippen LogP contribution is 2.34. The van der Waals surface area contributed by atoms with Gasteiger partial charge >= 0.3 is 0 Å². The molecule has 6 rings (SSSR count). The number of carbonyl (C=O) groups excluding carboxylic acids is 1. The van der Waals surface area contributed by atoms with E-state index in [1.54, 1.807) is 0 Å². The smallest absolute Gasteiger partial charge is 0.253 e. The van der Waals surface area contributed by atoms with E-state index in [0.717, 1.165) is 66.1 Å². The maximum absolute atomic E-state index is 12.1. The van der Waals surface area contributed by atoms with Crippen LogP contribution in [0.15, 0.2) is 48.7 Å². The lowest BCUT2D eigenvalue weighted by atomic mass is 10.0. The molecule has 0 atom stereocenters. The van der Waals surface area contributed by atoms with Crippen LogP contribution in [0.2, 0.25) is 0 Å². The molecule has 2 saturated heterocycles. The molecule has 3 aliphatic heterocycles. The Kier molecular flexibility index (Phi) is 5.43. The van der Waals surface area contributed by atoms with E-state index in [0.29, 0.717) is 19.8 Å². The van der Waals surface area contributed by atoms with E-state index in [2.05, 4.69) is 50.5 Å². The Morgan fingerprint density at radius 2 is 1.85 bits per heavy atom. The van der Waals surface area contributed by atoms with Crippen molar-refractivity contribution < 1.29 is 14.3 Å². The Balaban J connectivity index is 1.21. The maximum Gasteiger partial charge on any atom is 0.253 e. The zero-order chi connectivity index (χ0) is 23.0. The Bertz CT molecular complexity index is 1230. The third-order valence-corrected chi connectivity index (χ3v) is 6.95. The highest BCUT2D eigenvalue weighted by Gasteiger charge is 2.40. The summed E-state index contributed by atoms with van der Waals surface area (Å²) < 4.78 is 11.8. The van der Waals surface area contributed by atoms with Crippen molar-refractivity contribution in [2.75, 3.05) is 37.7 Å². The molecule has 7 heteroatoms. The van der Waals surface area contributed by atoms with Crippen molar-refractivity contribution >= 4 is 23.7 Å². The highest BCUT2D eigenvalue weighted by atomic mass is 16.7. The summed E-state index contributed by atoms with van der Waals surface area (Å²) in [6.07, 6.45) is 8.58. The average Bonchev–Trinajstić information content (AvgIpc) is 3.52. The molecule has 7 nitrogen and oxygen atoms in total. The predicted molar refractivity (Wildman–Crippen MR) is 132 cm³/mol. The SMILES string of the molecule is O=C1NCCc2[nH]c(-c3ccnc(C=Cc4ccccc4N4CCC5(CC4)OCCO5)c3)cc21. The highest BCUT2D eigenvalue weighted by molar-refractivity contribution is 5.97. The largest absolute Gasteiger partial charge is 0.371 e. The van der Waals surface area contributed by atoms with Crippen LogP contribution in [0.5, 0.6) is 0 Å². The zero-order valence-electron chi connectivity index (χ0n) is 19.0. The number of amides is 1. The number of carbonyl (C=O) groups is 1. The molecule has 1 amide bonds. The first-order valence-corrected chi connectivity index (χ1v) is 12.0. The molecule has 0 saturated carbocycles. The summed E-state index contributed by atoms with van der Waals surface area (Å²) in [5, 5.41) is 2.90. The summed E-state index contributed by atoms with van der Waals surface area (Å²) in [5.41, 5.74) is 6.94. The lowest BCUT2D eigenvalue weighted by molar-refractivity contribution is -0.169. The summed E-state index contributed by atoms with van der Waals surface area (Å²) in [6, 6.07) is 14.4. The first-order chi connectivity index (χ1) is 16.7. The maximum atomic E-state index is 12.1. The predicted octanol–water partition coefficient (Wildman–Crippen LogP) is 3.88. The van der Waals surface area contributed by atoms with Crippen LogP contribution in [-0.2, 0) is 15.9 Å². The molecule has 1 aromatic carbocycles. The fourth-order valence-corrected chi connectivity index (χ4v) is 5.12. The Labute approximate surface area is 198 Å². The Hall–Kier alpha value is -3.42. The monoisotopic (exact) mass is 456 g/mol. The van der Waals surface area contributed by atoms with E-state index in [4.69, 9.17) is 9.47 Å². The minimum absolute atomic E-state index is 0.00998. The molecule has 0 unspecified atom stereocenters. The van der Waals surface area contributed by atoms with Gasteiger partial charge in [-0.15, -0.1) is 0 Å². The van der Waals surface area contributed by atoms with E-state index in [1.807, 2.05) is 30.5 Å². The number of pyridine rings is 1. The molecule has 34 heavy (non-hydrogen) atoms. The van der Waals surface area contributed by atoms with Gasteiger partial charge in [0.2, 0.25) is 0 Å². The number of anilines is 1. The number of benzene rings is 1. The third-order valence-electron chi connectivity index (χ3n) is 6.95. The van der Waals surface area contributed by atoms with Crippen molar-refractivity contribution in [1.29, 1.82) is 0 Å².